The molecule has 0 saturated heterocycles. The lowest BCUT2D eigenvalue weighted by molar-refractivity contribution is 0.104. The highest BCUT2D eigenvalue weighted by molar-refractivity contribution is 9.10. The Morgan fingerprint density at radius 3 is 3.10 bits per heavy atom. The van der Waals surface area contributed by atoms with Crippen LogP contribution >= 0.6 is 15.9 Å². The number of carbonyl (C=O) groups excluding carboxylic acids is 1. The van der Waals surface area contributed by atoms with Crippen LogP contribution in [0.25, 0.3) is 11.0 Å². The Morgan fingerprint density at radius 1 is 1.55 bits per heavy atom. The van der Waals surface area contributed by atoms with Crippen LogP contribution in [0, 0.1) is 0 Å². The van der Waals surface area contributed by atoms with Crippen LogP contribution < -0.4 is 5.73 Å². The number of Topliss-reactive ketones (excluding diaryl/α,β-unsaturated/α-hetero) is 1. The van der Waals surface area contributed by atoms with E-state index in [9.17, 15) is 9.18 Å². The number of pyridine rings is 1. The van der Waals surface area contributed by atoms with Gasteiger partial charge in [0.05, 0.1) is 5.57 Å². The molecule has 0 amide bonds. The van der Waals surface area contributed by atoms with Gasteiger partial charge in [0.1, 0.15) is 11.8 Å². The Hall–Kier alpha value is -1.86. The first kappa shape index (κ1) is 13.1. The van der Waals surface area contributed by atoms with Crippen molar-refractivity contribution in [3.05, 3.63) is 40.1 Å². The van der Waals surface area contributed by atoms with Gasteiger partial charge < -0.3 is 10.7 Å². The zero-order chi connectivity index (χ0) is 14.3. The number of fused-ring (bicyclic) bond motifs is 1. The molecule has 0 fully saturated rings. The Kier molecular flexibility index (Phi) is 3.23. The second kappa shape index (κ2) is 4.92. The number of aliphatic imine (C=N–C) groups is 1. The lowest BCUT2D eigenvalue weighted by Crippen LogP contribution is -2.24. The molecule has 0 bridgehead atoms. The lowest BCUT2D eigenvalue weighted by atomic mass is 10.0. The first-order chi connectivity index (χ1) is 9.56. The summed E-state index contributed by atoms with van der Waals surface area (Å²) in [6, 6.07) is 1.76. The summed E-state index contributed by atoms with van der Waals surface area (Å²) in [5.74, 6) is -1.24. The average molecular weight is 337 g/mol. The minimum absolute atomic E-state index is 0.0485. The fourth-order valence-corrected chi connectivity index (χ4v) is 2.42. The second-order valence-electron chi connectivity index (χ2n) is 4.42. The molecule has 20 heavy (non-hydrogen) atoms. The van der Waals surface area contributed by atoms with Crippen LogP contribution in [0.4, 0.5) is 4.39 Å². The first-order valence-corrected chi connectivity index (χ1v) is 6.72. The molecule has 1 aliphatic rings. The van der Waals surface area contributed by atoms with Crippen LogP contribution in [0.2, 0.25) is 0 Å². The standard InChI is InChI=1S/C13H10BrFN4O/c14-6-3-8-9(5-18-13(8)17-4-6)11(20)7-1-2-10(16)19-12(7)15/h1,3-5,10H,2,16H2,(H,17,18). The minimum atomic E-state index is -0.814. The molecule has 0 radical (unpaired) electrons. The molecule has 1 unspecified atom stereocenters. The van der Waals surface area contributed by atoms with Crippen LogP contribution in [-0.4, -0.2) is 27.9 Å². The lowest BCUT2D eigenvalue weighted by Gasteiger charge is -2.12. The Morgan fingerprint density at radius 2 is 2.35 bits per heavy atom. The van der Waals surface area contributed by atoms with Crippen LogP contribution in [0.15, 0.2) is 39.6 Å². The number of aromatic amines is 1. The number of hydrogen-bond donors (Lipinski definition) is 2. The molecule has 3 rings (SSSR count). The number of H-pyrrole nitrogens is 1. The van der Waals surface area contributed by atoms with Crippen molar-refractivity contribution >= 4 is 38.7 Å². The summed E-state index contributed by atoms with van der Waals surface area (Å²) >= 11 is 3.30. The van der Waals surface area contributed by atoms with E-state index in [1.165, 1.54) is 12.3 Å². The van der Waals surface area contributed by atoms with Gasteiger partial charge >= 0.3 is 0 Å². The molecule has 1 aliphatic heterocycles. The van der Waals surface area contributed by atoms with E-state index < -0.39 is 17.9 Å². The Bertz CT molecular complexity index is 765. The number of halogens is 2. The van der Waals surface area contributed by atoms with Gasteiger partial charge in [0.2, 0.25) is 5.97 Å². The quantitative estimate of drug-likeness (QED) is 0.826. The van der Waals surface area contributed by atoms with Crippen LogP contribution in [0.3, 0.4) is 0 Å². The molecule has 3 N–H and O–H groups in total. The third kappa shape index (κ3) is 2.19. The number of allylic oxidation sites excluding steroid dienone is 1. The van der Waals surface area contributed by atoms with Crippen molar-refractivity contribution in [2.45, 2.75) is 12.6 Å². The molecule has 7 heteroatoms. The first-order valence-electron chi connectivity index (χ1n) is 5.93. The normalized spacial score (nSPS) is 18.9. The molecule has 0 saturated carbocycles. The predicted octanol–water partition coefficient (Wildman–Crippen LogP) is 2.49. The Balaban J connectivity index is 2.06. The van der Waals surface area contributed by atoms with E-state index >= 15 is 0 Å². The molecule has 3 heterocycles. The second-order valence-corrected chi connectivity index (χ2v) is 5.34. The van der Waals surface area contributed by atoms with Crippen molar-refractivity contribution in [2.24, 2.45) is 10.7 Å². The van der Waals surface area contributed by atoms with Crippen molar-refractivity contribution in [1.29, 1.82) is 0 Å². The SMILES string of the molecule is NC1CC=C(C(=O)c2c[nH]c3ncc(Br)cc23)C(F)=N1. The van der Waals surface area contributed by atoms with E-state index in [0.717, 1.165) is 4.47 Å². The van der Waals surface area contributed by atoms with Gasteiger partial charge in [0.15, 0.2) is 5.78 Å². The topological polar surface area (TPSA) is 84.1 Å². The molecule has 0 spiro atoms. The van der Waals surface area contributed by atoms with Crippen molar-refractivity contribution in [3.8, 4) is 0 Å². The number of ketones is 1. The highest BCUT2D eigenvalue weighted by Crippen LogP contribution is 2.24. The van der Waals surface area contributed by atoms with Gasteiger partial charge in [-0.3, -0.25) is 4.79 Å². The summed E-state index contributed by atoms with van der Waals surface area (Å²) in [5.41, 5.74) is 6.40. The van der Waals surface area contributed by atoms with Crippen molar-refractivity contribution < 1.29 is 9.18 Å². The molecule has 2 aromatic rings. The van der Waals surface area contributed by atoms with Crippen molar-refractivity contribution in [1.82, 2.24) is 9.97 Å². The highest BCUT2D eigenvalue weighted by Gasteiger charge is 2.24. The molecule has 0 aromatic carbocycles. The van der Waals surface area contributed by atoms with Gasteiger partial charge in [-0.25, -0.2) is 9.98 Å². The average Bonchev–Trinajstić information content (AvgIpc) is 2.81. The van der Waals surface area contributed by atoms with E-state index in [4.69, 9.17) is 5.73 Å². The number of dihydropyridines is 1. The number of rotatable bonds is 2. The smallest absolute Gasteiger partial charge is 0.220 e. The van der Waals surface area contributed by atoms with Gasteiger partial charge in [-0.1, -0.05) is 6.08 Å². The van der Waals surface area contributed by atoms with E-state index in [-0.39, 0.29) is 5.57 Å². The van der Waals surface area contributed by atoms with Crippen LogP contribution in [-0.2, 0) is 0 Å². The molecular formula is C13H10BrFN4O. The summed E-state index contributed by atoms with van der Waals surface area (Å²) in [6.45, 7) is 0. The minimum Gasteiger partial charge on any atom is -0.345 e. The zero-order valence-corrected chi connectivity index (χ0v) is 11.8. The molecule has 2 aromatic heterocycles. The maximum Gasteiger partial charge on any atom is 0.220 e. The number of hydrogen-bond acceptors (Lipinski definition) is 4. The summed E-state index contributed by atoms with van der Waals surface area (Å²) in [4.78, 5) is 23.0. The summed E-state index contributed by atoms with van der Waals surface area (Å²) in [6.07, 6.45) is 4.35. The van der Waals surface area contributed by atoms with Crippen molar-refractivity contribution in [3.63, 3.8) is 0 Å². The Labute approximate surface area is 121 Å². The molecule has 5 nitrogen and oxygen atoms in total. The maximum atomic E-state index is 13.8. The van der Waals surface area contributed by atoms with Gasteiger partial charge in [0.25, 0.3) is 0 Å². The molecular weight excluding hydrogens is 327 g/mol. The molecule has 0 aliphatic carbocycles. The summed E-state index contributed by atoms with van der Waals surface area (Å²) in [5, 5.41) is 0.632. The molecule has 102 valence electrons. The number of nitrogens with two attached hydrogens (primary N) is 1. The fourth-order valence-electron chi connectivity index (χ4n) is 2.09. The third-order valence-electron chi connectivity index (χ3n) is 3.05. The van der Waals surface area contributed by atoms with Crippen LogP contribution in [0.5, 0.6) is 0 Å². The maximum absolute atomic E-state index is 13.8. The summed E-state index contributed by atoms with van der Waals surface area (Å²) < 4.78 is 14.5. The number of aromatic nitrogens is 2. The van der Waals surface area contributed by atoms with Gasteiger partial charge in [-0.2, -0.15) is 4.39 Å². The van der Waals surface area contributed by atoms with E-state index in [1.54, 1.807) is 12.3 Å². The predicted molar refractivity (Wildman–Crippen MR) is 77.3 cm³/mol. The number of nitrogens with one attached hydrogen (secondary N) is 1. The summed E-state index contributed by atoms with van der Waals surface area (Å²) in [7, 11) is 0. The largest absolute Gasteiger partial charge is 0.345 e. The monoisotopic (exact) mass is 336 g/mol. The van der Waals surface area contributed by atoms with Crippen molar-refractivity contribution in [2.75, 3.05) is 0 Å². The van der Waals surface area contributed by atoms with Gasteiger partial charge in [-0.15, -0.1) is 0 Å². The zero-order valence-electron chi connectivity index (χ0n) is 10.2. The number of nitrogens with zero attached hydrogens (tertiary/aromatic N) is 2. The van der Waals surface area contributed by atoms with Gasteiger partial charge in [0, 0.05) is 34.2 Å². The van der Waals surface area contributed by atoms with Crippen LogP contribution in [0.1, 0.15) is 16.8 Å². The molecule has 1 atom stereocenters. The van der Waals surface area contributed by atoms with Gasteiger partial charge in [-0.05, 0) is 22.0 Å². The third-order valence-corrected chi connectivity index (χ3v) is 3.49. The highest BCUT2D eigenvalue weighted by atomic mass is 79.9. The van der Waals surface area contributed by atoms with E-state index in [1.807, 2.05) is 0 Å². The van der Waals surface area contributed by atoms with E-state index in [0.29, 0.717) is 23.0 Å². The van der Waals surface area contributed by atoms with E-state index in [2.05, 4.69) is 30.9 Å². The fraction of sp³-hybridized carbons (Fsp3) is 0.154. The number of carbonyl (C=O) groups is 1.